The number of para-hydroxylation sites is 2. The van der Waals surface area contributed by atoms with Crippen LogP contribution in [0.4, 0.5) is 4.79 Å². The highest BCUT2D eigenvalue weighted by molar-refractivity contribution is 8.18. The quantitative estimate of drug-likeness (QED) is 0.341. The van der Waals surface area contributed by atoms with Gasteiger partial charge in [-0.1, -0.05) is 42.5 Å². The Morgan fingerprint density at radius 3 is 2.69 bits per heavy atom. The van der Waals surface area contributed by atoms with Crippen molar-refractivity contribution in [2.45, 2.75) is 23.1 Å². The van der Waals surface area contributed by atoms with Gasteiger partial charge in [-0.05, 0) is 66.2 Å². The number of nitrogens with one attached hydrogen (secondary N) is 1. The number of rotatable bonds is 7. The van der Waals surface area contributed by atoms with Crippen LogP contribution in [-0.2, 0) is 11.2 Å². The number of thioether (sulfide) groups is 1. The van der Waals surface area contributed by atoms with Gasteiger partial charge >= 0.3 is 0 Å². The number of carbonyl (C=O) groups is 2. The second kappa shape index (κ2) is 9.10. The van der Waals surface area contributed by atoms with E-state index in [-0.39, 0.29) is 11.1 Å². The molecule has 0 aliphatic carbocycles. The third-order valence-corrected chi connectivity index (χ3v) is 6.72. The number of amides is 2. The van der Waals surface area contributed by atoms with Gasteiger partial charge in [-0.15, -0.1) is 0 Å². The van der Waals surface area contributed by atoms with Crippen LogP contribution in [0.5, 0.6) is 0 Å². The molecule has 0 saturated carbocycles. The Labute approximate surface area is 193 Å². The van der Waals surface area contributed by atoms with Crippen LogP contribution in [-0.4, -0.2) is 32.6 Å². The highest BCUT2D eigenvalue weighted by atomic mass is 32.2. The number of aromatic nitrogens is 2. The minimum Gasteiger partial charge on any atom is -0.450 e. The second-order valence-electron chi connectivity index (χ2n) is 7.24. The van der Waals surface area contributed by atoms with Gasteiger partial charge in [0.25, 0.3) is 11.1 Å². The summed E-state index contributed by atoms with van der Waals surface area (Å²) in [7, 11) is 0. The largest absolute Gasteiger partial charge is 0.450 e. The highest BCUT2D eigenvalue weighted by Crippen LogP contribution is 2.34. The molecule has 1 aliphatic rings. The summed E-state index contributed by atoms with van der Waals surface area (Å²) in [6.07, 6.45) is 3.18. The Morgan fingerprint density at radius 1 is 1.03 bits per heavy atom. The van der Waals surface area contributed by atoms with Crippen LogP contribution in [0.1, 0.15) is 17.7 Å². The summed E-state index contributed by atoms with van der Waals surface area (Å²) < 4.78 is 5.83. The fraction of sp³-hybridized carbons (Fsp3) is 0.125. The van der Waals surface area contributed by atoms with Crippen molar-refractivity contribution in [2.24, 2.45) is 0 Å². The van der Waals surface area contributed by atoms with E-state index in [1.54, 1.807) is 12.1 Å². The molecule has 0 bridgehead atoms. The third kappa shape index (κ3) is 4.51. The van der Waals surface area contributed by atoms with Gasteiger partial charge in [0.1, 0.15) is 5.76 Å². The lowest BCUT2D eigenvalue weighted by Gasteiger charge is -2.11. The monoisotopic (exact) mass is 461 g/mol. The fourth-order valence-electron chi connectivity index (χ4n) is 3.45. The fourth-order valence-corrected chi connectivity index (χ4v) is 5.06. The van der Waals surface area contributed by atoms with Gasteiger partial charge in [0, 0.05) is 12.6 Å². The lowest BCUT2D eigenvalue weighted by atomic mass is 10.1. The number of benzene rings is 2. The number of fused-ring (bicyclic) bond motifs is 1. The molecule has 2 aromatic heterocycles. The molecule has 1 fully saturated rings. The van der Waals surface area contributed by atoms with Gasteiger partial charge < -0.3 is 9.40 Å². The number of furan rings is 1. The summed E-state index contributed by atoms with van der Waals surface area (Å²) in [6.45, 7) is 0.405. The first-order valence-electron chi connectivity index (χ1n) is 10.2. The van der Waals surface area contributed by atoms with Crippen molar-refractivity contribution in [3.05, 3.63) is 83.0 Å². The summed E-state index contributed by atoms with van der Waals surface area (Å²) in [5.74, 6) is 0.259. The van der Waals surface area contributed by atoms with Crippen LogP contribution >= 0.6 is 23.5 Å². The smallest absolute Gasteiger partial charge is 0.293 e. The van der Waals surface area contributed by atoms with E-state index in [0.717, 1.165) is 40.8 Å². The molecular formula is C24H19N3O3S2. The van der Waals surface area contributed by atoms with Crippen LogP contribution in [0, 0.1) is 0 Å². The zero-order valence-corrected chi connectivity index (χ0v) is 18.6. The number of hydrogen-bond acceptors (Lipinski definition) is 6. The third-order valence-electron chi connectivity index (χ3n) is 5.00. The van der Waals surface area contributed by atoms with E-state index in [9.17, 15) is 9.59 Å². The number of aromatic amines is 1. The van der Waals surface area contributed by atoms with Gasteiger partial charge in [-0.2, -0.15) is 0 Å². The zero-order chi connectivity index (χ0) is 21.9. The normalized spacial score (nSPS) is 15.4. The van der Waals surface area contributed by atoms with Gasteiger partial charge in [0.15, 0.2) is 10.2 Å². The molecule has 2 amide bonds. The topological polar surface area (TPSA) is 79.2 Å². The number of nitrogens with zero attached hydrogens (tertiary/aromatic N) is 2. The van der Waals surface area contributed by atoms with E-state index >= 15 is 0 Å². The first kappa shape index (κ1) is 20.7. The van der Waals surface area contributed by atoms with Crippen LogP contribution in [0.3, 0.4) is 0 Å². The van der Waals surface area contributed by atoms with Crippen molar-refractivity contribution in [3.63, 3.8) is 0 Å². The predicted molar refractivity (Wildman–Crippen MR) is 126 cm³/mol. The summed E-state index contributed by atoms with van der Waals surface area (Å²) >= 11 is 2.32. The average molecular weight is 462 g/mol. The Kier molecular flexibility index (Phi) is 5.87. The van der Waals surface area contributed by atoms with Gasteiger partial charge in [-0.3, -0.25) is 14.5 Å². The molecule has 32 heavy (non-hydrogen) atoms. The molecule has 0 radical (unpaired) electrons. The van der Waals surface area contributed by atoms with E-state index in [1.165, 1.54) is 22.2 Å². The van der Waals surface area contributed by atoms with Crippen molar-refractivity contribution < 1.29 is 14.0 Å². The highest BCUT2D eigenvalue weighted by Gasteiger charge is 2.34. The molecule has 8 heteroatoms. The zero-order valence-electron chi connectivity index (χ0n) is 17.0. The Balaban J connectivity index is 1.22. The number of H-pyrrole nitrogens is 1. The maximum atomic E-state index is 12.7. The first-order valence-corrected chi connectivity index (χ1v) is 11.8. The average Bonchev–Trinajstić information content (AvgIpc) is 3.48. The van der Waals surface area contributed by atoms with E-state index in [1.807, 2.05) is 60.7 Å². The predicted octanol–water partition coefficient (Wildman–Crippen LogP) is 5.98. The molecule has 2 aromatic carbocycles. The number of aryl methyl sites for hydroxylation is 1. The lowest BCUT2D eigenvalue weighted by molar-refractivity contribution is -0.122. The Morgan fingerprint density at radius 2 is 1.84 bits per heavy atom. The van der Waals surface area contributed by atoms with Gasteiger partial charge in [0.2, 0.25) is 0 Å². The molecule has 0 atom stereocenters. The summed E-state index contributed by atoms with van der Waals surface area (Å²) in [5.41, 5.74) is 3.05. The molecule has 0 unspecified atom stereocenters. The number of imide groups is 1. The SMILES string of the molecule is O=C1S/C(=C/c2ccc(Sc3nc4ccccc4[nH]3)o2)C(=O)N1CCCc1ccccc1. The van der Waals surface area contributed by atoms with Crippen molar-refractivity contribution in [3.8, 4) is 0 Å². The molecular weight excluding hydrogens is 442 g/mol. The molecule has 1 saturated heterocycles. The van der Waals surface area contributed by atoms with E-state index in [2.05, 4.69) is 9.97 Å². The van der Waals surface area contributed by atoms with E-state index < -0.39 is 0 Å². The minimum absolute atomic E-state index is 0.238. The summed E-state index contributed by atoms with van der Waals surface area (Å²) in [6, 6.07) is 21.5. The molecule has 3 heterocycles. The first-order chi connectivity index (χ1) is 15.7. The van der Waals surface area contributed by atoms with Crippen molar-refractivity contribution in [1.82, 2.24) is 14.9 Å². The second-order valence-corrected chi connectivity index (χ2v) is 9.23. The summed E-state index contributed by atoms with van der Waals surface area (Å²) in [5, 5.41) is 1.14. The minimum atomic E-state index is -0.268. The van der Waals surface area contributed by atoms with Crippen LogP contribution in [0.15, 0.2) is 86.3 Å². The molecule has 160 valence electrons. The Hall–Kier alpha value is -3.23. The van der Waals surface area contributed by atoms with Crippen molar-refractivity contribution in [1.29, 1.82) is 0 Å². The lowest BCUT2D eigenvalue weighted by Crippen LogP contribution is -2.29. The number of carbonyl (C=O) groups excluding carboxylic acids is 2. The maximum Gasteiger partial charge on any atom is 0.293 e. The van der Waals surface area contributed by atoms with Crippen LogP contribution < -0.4 is 0 Å². The molecule has 5 rings (SSSR count). The van der Waals surface area contributed by atoms with Gasteiger partial charge in [0.05, 0.1) is 15.9 Å². The number of hydrogen-bond donors (Lipinski definition) is 1. The molecule has 0 spiro atoms. The molecule has 6 nitrogen and oxygen atoms in total. The molecule has 4 aromatic rings. The standard InChI is InChI=1S/C24H19N3O3S2/c28-22-20(31-24(29)27(22)14-6-9-16-7-2-1-3-8-16)15-17-12-13-21(30-17)32-23-25-18-10-4-5-11-19(18)26-23/h1-5,7-8,10-13,15H,6,9,14H2,(H,25,26)/b20-15+. The number of imidazole rings is 1. The van der Waals surface area contributed by atoms with Crippen molar-refractivity contribution >= 4 is 51.8 Å². The van der Waals surface area contributed by atoms with Gasteiger partial charge in [-0.25, -0.2) is 4.98 Å². The molecule has 1 N–H and O–H groups in total. The molecule has 1 aliphatic heterocycles. The van der Waals surface area contributed by atoms with Crippen LogP contribution in [0.2, 0.25) is 0 Å². The summed E-state index contributed by atoms with van der Waals surface area (Å²) in [4.78, 5) is 34.5. The van der Waals surface area contributed by atoms with E-state index in [0.29, 0.717) is 22.3 Å². The maximum absolute atomic E-state index is 12.7. The van der Waals surface area contributed by atoms with Crippen LogP contribution in [0.25, 0.3) is 17.1 Å². The van der Waals surface area contributed by atoms with E-state index in [4.69, 9.17) is 4.42 Å². The Bertz CT molecular complexity index is 1280. The van der Waals surface area contributed by atoms with Crippen molar-refractivity contribution in [2.75, 3.05) is 6.54 Å².